The van der Waals surface area contributed by atoms with Crippen LogP contribution in [0.3, 0.4) is 0 Å². The molecule has 0 aliphatic heterocycles. The number of hydrogen-bond donors (Lipinski definition) is 0. The van der Waals surface area contributed by atoms with Crippen molar-refractivity contribution in [2.45, 2.75) is 12.7 Å². The van der Waals surface area contributed by atoms with Crippen LogP contribution in [0.15, 0.2) is 30.3 Å². The van der Waals surface area contributed by atoms with Crippen molar-refractivity contribution in [1.29, 1.82) is 0 Å². The third-order valence-electron chi connectivity index (χ3n) is 2.84. The highest BCUT2D eigenvalue weighted by Crippen LogP contribution is 2.54. The number of benzene rings is 1. The summed E-state index contributed by atoms with van der Waals surface area (Å²) in [6.45, 7) is 1.25. The highest BCUT2D eigenvalue weighted by molar-refractivity contribution is 7.56. The Bertz CT molecular complexity index is 539. The molecule has 8 heteroatoms. The van der Waals surface area contributed by atoms with Gasteiger partial charge in [-0.15, -0.1) is 0 Å². The van der Waals surface area contributed by atoms with Crippen molar-refractivity contribution in [1.82, 2.24) is 0 Å². The van der Waals surface area contributed by atoms with Crippen LogP contribution in [-0.2, 0) is 27.9 Å². The Hall–Kier alpha value is -1.69. The Labute approximate surface area is 123 Å². The van der Waals surface area contributed by atoms with Gasteiger partial charge in [0.25, 0.3) is 0 Å². The maximum absolute atomic E-state index is 12.6. The van der Waals surface area contributed by atoms with Crippen molar-refractivity contribution >= 4 is 25.2 Å². The molecular formula is C13H18NO6P. The summed E-state index contributed by atoms with van der Waals surface area (Å²) in [6, 6.07) is 8.33. The van der Waals surface area contributed by atoms with Gasteiger partial charge in [0.2, 0.25) is 11.7 Å². The molecule has 1 amide bonds. The molecule has 0 saturated carbocycles. The number of anilines is 1. The van der Waals surface area contributed by atoms with Gasteiger partial charge in [0.1, 0.15) is 0 Å². The average Bonchev–Trinajstić information content (AvgIpc) is 2.51. The Morgan fingerprint density at radius 2 is 1.62 bits per heavy atom. The van der Waals surface area contributed by atoms with E-state index in [1.807, 2.05) is 0 Å². The summed E-state index contributed by atoms with van der Waals surface area (Å²) in [6.07, 6.45) is 0. The van der Waals surface area contributed by atoms with Gasteiger partial charge in [0.05, 0.1) is 7.11 Å². The van der Waals surface area contributed by atoms with Crippen LogP contribution >= 0.6 is 7.60 Å². The van der Waals surface area contributed by atoms with Crippen molar-refractivity contribution in [3.63, 3.8) is 0 Å². The first kappa shape index (κ1) is 17.4. The van der Waals surface area contributed by atoms with E-state index in [0.717, 1.165) is 26.2 Å². The second-order valence-electron chi connectivity index (χ2n) is 4.03. The van der Waals surface area contributed by atoms with Crippen molar-refractivity contribution in [2.24, 2.45) is 0 Å². The number of methoxy groups -OCH3 is 1. The lowest BCUT2D eigenvalue weighted by Crippen LogP contribution is -2.45. The fourth-order valence-corrected chi connectivity index (χ4v) is 3.33. The van der Waals surface area contributed by atoms with E-state index in [9.17, 15) is 14.2 Å². The van der Waals surface area contributed by atoms with E-state index >= 15 is 0 Å². The van der Waals surface area contributed by atoms with E-state index in [2.05, 4.69) is 4.74 Å². The second-order valence-corrected chi connectivity index (χ2v) is 6.33. The van der Waals surface area contributed by atoms with Crippen LogP contribution in [0, 0.1) is 0 Å². The molecule has 1 aromatic carbocycles. The van der Waals surface area contributed by atoms with E-state index in [4.69, 9.17) is 9.05 Å². The smallest absolute Gasteiger partial charge is 0.364 e. The summed E-state index contributed by atoms with van der Waals surface area (Å²) in [5, 5.41) is 0. The third kappa shape index (κ3) is 3.69. The number of nitrogens with zero attached hydrogens (tertiary/aromatic N) is 1. The first-order chi connectivity index (χ1) is 9.91. The fraction of sp³-hybridized carbons (Fsp3) is 0.385. The maximum Gasteiger partial charge on any atom is 0.364 e. The Morgan fingerprint density at radius 1 is 1.10 bits per heavy atom. The molecule has 7 nitrogen and oxygen atoms in total. The summed E-state index contributed by atoms with van der Waals surface area (Å²) in [4.78, 5) is 25.1. The number of carbonyl (C=O) groups excluding carboxylic acids is 2. The van der Waals surface area contributed by atoms with Gasteiger partial charge in [0.15, 0.2) is 0 Å². The topological polar surface area (TPSA) is 82.1 Å². The number of hydrogen-bond acceptors (Lipinski definition) is 6. The lowest BCUT2D eigenvalue weighted by atomic mass is 10.3. The van der Waals surface area contributed by atoms with Gasteiger partial charge in [-0.2, -0.15) is 0 Å². The second kappa shape index (κ2) is 7.36. The summed E-state index contributed by atoms with van der Waals surface area (Å²) < 4.78 is 27.0. The van der Waals surface area contributed by atoms with Crippen LogP contribution < -0.4 is 4.90 Å². The molecule has 0 bridgehead atoms. The van der Waals surface area contributed by atoms with E-state index in [-0.39, 0.29) is 0 Å². The van der Waals surface area contributed by atoms with Gasteiger partial charge in [0, 0.05) is 26.8 Å². The van der Waals surface area contributed by atoms with Crippen LogP contribution in [0.5, 0.6) is 0 Å². The molecule has 0 heterocycles. The van der Waals surface area contributed by atoms with Gasteiger partial charge < -0.3 is 13.8 Å². The quantitative estimate of drug-likeness (QED) is 0.590. The molecule has 0 aliphatic carbocycles. The molecule has 116 valence electrons. The Kier molecular flexibility index (Phi) is 6.08. The minimum absolute atomic E-state index is 0.384. The minimum Gasteiger partial charge on any atom is -0.467 e. The molecule has 0 saturated heterocycles. The van der Waals surface area contributed by atoms with Crippen LogP contribution in [0.1, 0.15) is 6.92 Å². The highest BCUT2D eigenvalue weighted by Gasteiger charge is 2.47. The van der Waals surface area contributed by atoms with Gasteiger partial charge >= 0.3 is 13.6 Å². The van der Waals surface area contributed by atoms with Crippen LogP contribution in [-0.4, -0.2) is 39.0 Å². The van der Waals surface area contributed by atoms with Crippen molar-refractivity contribution in [2.75, 3.05) is 26.2 Å². The molecule has 0 aliphatic rings. The standard InChI is InChI=1S/C13H18NO6P/c1-10(15)14(11-8-6-5-7-9-11)12(13(16)18-2)21(17,19-3)20-4/h5-9,12H,1-4H3. The Morgan fingerprint density at radius 3 is 2.00 bits per heavy atom. The van der Waals surface area contributed by atoms with E-state index in [1.165, 1.54) is 6.92 Å². The van der Waals surface area contributed by atoms with Gasteiger partial charge in [-0.05, 0) is 12.1 Å². The normalized spacial score (nSPS) is 12.6. The molecule has 0 spiro atoms. The summed E-state index contributed by atoms with van der Waals surface area (Å²) >= 11 is 0. The van der Waals surface area contributed by atoms with Crippen molar-refractivity contribution in [3.8, 4) is 0 Å². The zero-order valence-corrected chi connectivity index (χ0v) is 13.2. The molecular weight excluding hydrogens is 297 g/mol. The lowest BCUT2D eigenvalue weighted by Gasteiger charge is -2.32. The van der Waals surface area contributed by atoms with Gasteiger partial charge in [-0.1, -0.05) is 18.2 Å². The molecule has 0 aromatic heterocycles. The molecule has 1 atom stereocenters. The number of rotatable bonds is 6. The predicted octanol–water partition coefficient (Wildman–Crippen LogP) is 2.02. The first-order valence-electron chi connectivity index (χ1n) is 6.05. The molecule has 0 radical (unpaired) electrons. The lowest BCUT2D eigenvalue weighted by molar-refractivity contribution is -0.141. The number of para-hydroxylation sites is 1. The maximum atomic E-state index is 12.6. The molecule has 0 N–H and O–H groups in total. The highest BCUT2D eigenvalue weighted by atomic mass is 31.2. The zero-order chi connectivity index (χ0) is 16.0. The number of esters is 1. The first-order valence-corrected chi connectivity index (χ1v) is 7.66. The van der Waals surface area contributed by atoms with E-state index < -0.39 is 25.3 Å². The van der Waals surface area contributed by atoms with Crippen LogP contribution in [0.2, 0.25) is 0 Å². The molecule has 1 rings (SSSR count). The van der Waals surface area contributed by atoms with Crippen molar-refractivity contribution < 1.29 is 27.9 Å². The average molecular weight is 315 g/mol. The largest absolute Gasteiger partial charge is 0.467 e. The summed E-state index contributed by atoms with van der Waals surface area (Å²) in [7, 11) is -0.491. The van der Waals surface area contributed by atoms with Crippen molar-refractivity contribution in [3.05, 3.63) is 30.3 Å². The van der Waals surface area contributed by atoms with Crippen LogP contribution in [0.4, 0.5) is 5.69 Å². The van der Waals surface area contributed by atoms with Gasteiger partial charge in [-0.3, -0.25) is 14.3 Å². The van der Waals surface area contributed by atoms with Crippen LogP contribution in [0.25, 0.3) is 0 Å². The number of carbonyl (C=O) groups is 2. The SMILES string of the molecule is COC(=O)C(N(C(C)=O)c1ccccc1)P(=O)(OC)OC. The monoisotopic (exact) mass is 315 g/mol. The summed E-state index contributed by atoms with van der Waals surface area (Å²) in [5.74, 6) is -2.90. The number of ether oxygens (including phenoxy) is 1. The zero-order valence-electron chi connectivity index (χ0n) is 12.3. The molecule has 1 aromatic rings. The Balaban J connectivity index is 3.43. The predicted molar refractivity (Wildman–Crippen MR) is 77.0 cm³/mol. The minimum atomic E-state index is -3.91. The molecule has 1 unspecified atom stereocenters. The number of amides is 1. The molecule has 0 fully saturated rings. The summed E-state index contributed by atoms with van der Waals surface area (Å²) in [5.41, 5.74) is 0.384. The van der Waals surface area contributed by atoms with E-state index in [0.29, 0.717) is 5.69 Å². The third-order valence-corrected chi connectivity index (χ3v) is 4.90. The fourth-order valence-electron chi connectivity index (χ4n) is 1.84. The van der Waals surface area contributed by atoms with Gasteiger partial charge in [-0.25, -0.2) is 4.79 Å². The van der Waals surface area contributed by atoms with E-state index in [1.54, 1.807) is 30.3 Å². The molecule has 21 heavy (non-hydrogen) atoms.